The van der Waals surface area contributed by atoms with Gasteiger partial charge in [0.15, 0.2) is 0 Å². The van der Waals surface area contributed by atoms with Gasteiger partial charge < -0.3 is 10.4 Å². The van der Waals surface area contributed by atoms with E-state index >= 15 is 0 Å². The van der Waals surface area contributed by atoms with Gasteiger partial charge >= 0.3 is 0 Å². The second kappa shape index (κ2) is 6.57. The fourth-order valence-corrected chi connectivity index (χ4v) is 1.53. The van der Waals surface area contributed by atoms with Gasteiger partial charge in [0.05, 0.1) is 5.02 Å². The molecule has 1 atom stereocenters. The average Bonchev–Trinajstić information content (AvgIpc) is 2.30. The molecule has 0 bridgehead atoms. The van der Waals surface area contributed by atoms with Crippen molar-refractivity contribution in [2.45, 2.75) is 25.8 Å². The highest BCUT2D eigenvalue weighted by Crippen LogP contribution is 2.15. The molecule has 0 spiro atoms. The SMILES string of the molecule is CC(CCCO)NC(=O)c1ccc(Cl)c(F)c1. The zero-order valence-corrected chi connectivity index (χ0v) is 10.3. The summed E-state index contributed by atoms with van der Waals surface area (Å²) < 4.78 is 13.1. The van der Waals surface area contributed by atoms with Crippen molar-refractivity contribution in [3.05, 3.63) is 34.6 Å². The van der Waals surface area contributed by atoms with Gasteiger partial charge in [-0.05, 0) is 38.0 Å². The summed E-state index contributed by atoms with van der Waals surface area (Å²) in [5, 5.41) is 11.4. The van der Waals surface area contributed by atoms with Crippen LogP contribution in [0.3, 0.4) is 0 Å². The Hall–Kier alpha value is -1.13. The van der Waals surface area contributed by atoms with Crippen LogP contribution < -0.4 is 5.32 Å². The van der Waals surface area contributed by atoms with E-state index in [0.717, 1.165) is 6.07 Å². The van der Waals surface area contributed by atoms with Gasteiger partial charge in [0.25, 0.3) is 5.91 Å². The lowest BCUT2D eigenvalue weighted by Gasteiger charge is -2.13. The molecule has 0 radical (unpaired) electrons. The van der Waals surface area contributed by atoms with Gasteiger partial charge in [0.2, 0.25) is 0 Å². The van der Waals surface area contributed by atoms with Gasteiger partial charge in [0, 0.05) is 18.2 Å². The maximum Gasteiger partial charge on any atom is 0.251 e. The molecule has 0 saturated heterocycles. The van der Waals surface area contributed by atoms with E-state index < -0.39 is 5.82 Å². The Labute approximate surface area is 105 Å². The van der Waals surface area contributed by atoms with Crippen LogP contribution in [0.5, 0.6) is 0 Å². The van der Waals surface area contributed by atoms with E-state index in [2.05, 4.69) is 5.32 Å². The van der Waals surface area contributed by atoms with Gasteiger partial charge in [-0.15, -0.1) is 0 Å². The van der Waals surface area contributed by atoms with Crippen LogP contribution in [0.4, 0.5) is 4.39 Å². The first kappa shape index (κ1) is 13.9. The van der Waals surface area contributed by atoms with Crippen LogP contribution >= 0.6 is 11.6 Å². The Balaban J connectivity index is 2.60. The first-order valence-electron chi connectivity index (χ1n) is 5.41. The zero-order valence-electron chi connectivity index (χ0n) is 9.54. The second-order valence-corrected chi connectivity index (χ2v) is 4.28. The number of carbonyl (C=O) groups is 1. The third-order valence-corrected chi connectivity index (χ3v) is 2.66. The number of hydrogen-bond donors (Lipinski definition) is 2. The molecule has 0 aromatic heterocycles. The molecule has 1 aromatic carbocycles. The Kier molecular flexibility index (Phi) is 5.38. The summed E-state index contributed by atoms with van der Waals surface area (Å²) in [6.07, 6.45) is 1.30. The van der Waals surface area contributed by atoms with Crippen molar-refractivity contribution in [3.63, 3.8) is 0 Å². The van der Waals surface area contributed by atoms with Crippen LogP contribution in [0, 0.1) is 5.82 Å². The van der Waals surface area contributed by atoms with Crippen molar-refractivity contribution in [1.29, 1.82) is 0 Å². The molecule has 0 aliphatic carbocycles. The van der Waals surface area contributed by atoms with E-state index in [-0.39, 0.29) is 29.1 Å². The van der Waals surface area contributed by atoms with E-state index in [1.54, 1.807) is 0 Å². The van der Waals surface area contributed by atoms with E-state index in [9.17, 15) is 9.18 Å². The van der Waals surface area contributed by atoms with Crippen LogP contribution in [0.2, 0.25) is 5.02 Å². The summed E-state index contributed by atoms with van der Waals surface area (Å²) in [6, 6.07) is 3.87. The van der Waals surface area contributed by atoms with Gasteiger partial charge in [-0.1, -0.05) is 11.6 Å². The number of amides is 1. The van der Waals surface area contributed by atoms with E-state index in [1.165, 1.54) is 12.1 Å². The summed E-state index contributed by atoms with van der Waals surface area (Å²) in [6.45, 7) is 1.93. The third-order valence-electron chi connectivity index (χ3n) is 2.35. The minimum absolute atomic E-state index is 0.00474. The molecule has 17 heavy (non-hydrogen) atoms. The smallest absolute Gasteiger partial charge is 0.251 e. The maximum absolute atomic E-state index is 13.1. The number of aliphatic hydroxyl groups is 1. The van der Waals surface area contributed by atoms with Crippen molar-refractivity contribution in [1.82, 2.24) is 5.32 Å². The standard InChI is InChI=1S/C12H15ClFNO2/c1-8(3-2-6-16)15-12(17)9-4-5-10(13)11(14)7-9/h4-5,7-8,16H,2-3,6H2,1H3,(H,15,17). The normalized spacial score (nSPS) is 12.2. The Bertz CT molecular complexity index is 398. The first-order valence-corrected chi connectivity index (χ1v) is 5.79. The highest BCUT2D eigenvalue weighted by atomic mass is 35.5. The van der Waals surface area contributed by atoms with E-state index in [1.807, 2.05) is 6.92 Å². The number of carbonyl (C=O) groups excluding carboxylic acids is 1. The molecule has 0 aliphatic rings. The van der Waals surface area contributed by atoms with Crippen molar-refractivity contribution < 1.29 is 14.3 Å². The van der Waals surface area contributed by atoms with E-state index in [4.69, 9.17) is 16.7 Å². The zero-order chi connectivity index (χ0) is 12.8. The first-order chi connectivity index (χ1) is 8.04. The molecule has 2 N–H and O–H groups in total. The predicted molar refractivity (Wildman–Crippen MR) is 64.7 cm³/mol. The molecule has 0 saturated carbocycles. The molecule has 0 fully saturated rings. The topological polar surface area (TPSA) is 49.3 Å². The van der Waals surface area contributed by atoms with Gasteiger partial charge in [-0.25, -0.2) is 4.39 Å². The average molecular weight is 260 g/mol. The molecule has 94 valence electrons. The van der Waals surface area contributed by atoms with Crippen molar-refractivity contribution in [3.8, 4) is 0 Å². The van der Waals surface area contributed by atoms with Crippen LogP contribution in [-0.2, 0) is 0 Å². The third kappa shape index (κ3) is 4.32. The molecule has 1 rings (SSSR count). The van der Waals surface area contributed by atoms with E-state index in [0.29, 0.717) is 12.8 Å². The maximum atomic E-state index is 13.1. The van der Waals surface area contributed by atoms with Crippen molar-refractivity contribution in [2.75, 3.05) is 6.61 Å². The summed E-state index contributed by atoms with van der Waals surface area (Å²) in [7, 11) is 0. The van der Waals surface area contributed by atoms with Crippen molar-refractivity contribution in [2.24, 2.45) is 0 Å². The lowest BCUT2D eigenvalue weighted by molar-refractivity contribution is 0.0936. The Morgan fingerprint density at radius 2 is 2.29 bits per heavy atom. The molecule has 3 nitrogen and oxygen atoms in total. The molecular weight excluding hydrogens is 245 g/mol. The molecular formula is C12H15ClFNO2. The minimum Gasteiger partial charge on any atom is -0.396 e. The largest absolute Gasteiger partial charge is 0.396 e. The monoisotopic (exact) mass is 259 g/mol. The summed E-state index contributed by atoms with van der Waals surface area (Å²) in [4.78, 5) is 11.7. The lowest BCUT2D eigenvalue weighted by atomic mass is 10.1. The van der Waals surface area contributed by atoms with Gasteiger partial charge in [-0.2, -0.15) is 0 Å². The van der Waals surface area contributed by atoms with Crippen LogP contribution in [0.1, 0.15) is 30.1 Å². The minimum atomic E-state index is -0.609. The summed E-state index contributed by atoms with van der Waals surface area (Å²) in [5.74, 6) is -0.951. The van der Waals surface area contributed by atoms with Crippen LogP contribution in [-0.4, -0.2) is 23.7 Å². The number of rotatable bonds is 5. The summed E-state index contributed by atoms with van der Waals surface area (Å²) >= 11 is 5.53. The quantitative estimate of drug-likeness (QED) is 0.853. The number of aliphatic hydroxyl groups excluding tert-OH is 1. The van der Waals surface area contributed by atoms with Gasteiger partial charge in [-0.3, -0.25) is 4.79 Å². The molecule has 0 aliphatic heterocycles. The molecule has 1 aromatic rings. The number of halogens is 2. The highest BCUT2D eigenvalue weighted by molar-refractivity contribution is 6.30. The number of nitrogens with one attached hydrogen (secondary N) is 1. The number of benzene rings is 1. The molecule has 1 amide bonds. The fraction of sp³-hybridized carbons (Fsp3) is 0.417. The molecule has 1 unspecified atom stereocenters. The Morgan fingerprint density at radius 3 is 2.88 bits per heavy atom. The summed E-state index contributed by atoms with van der Waals surface area (Å²) in [5.41, 5.74) is 0.239. The second-order valence-electron chi connectivity index (χ2n) is 3.87. The number of hydrogen-bond acceptors (Lipinski definition) is 2. The fourth-order valence-electron chi connectivity index (χ4n) is 1.41. The lowest BCUT2D eigenvalue weighted by Crippen LogP contribution is -2.32. The molecule has 5 heteroatoms. The molecule has 0 heterocycles. The van der Waals surface area contributed by atoms with Gasteiger partial charge in [0.1, 0.15) is 5.82 Å². The van der Waals surface area contributed by atoms with Crippen molar-refractivity contribution >= 4 is 17.5 Å². The Morgan fingerprint density at radius 1 is 1.59 bits per heavy atom. The predicted octanol–water partition coefficient (Wildman–Crippen LogP) is 2.37. The highest BCUT2D eigenvalue weighted by Gasteiger charge is 2.11. The van der Waals surface area contributed by atoms with Crippen LogP contribution in [0.15, 0.2) is 18.2 Å². The van der Waals surface area contributed by atoms with Crippen LogP contribution in [0.25, 0.3) is 0 Å².